The van der Waals surface area contributed by atoms with Crippen LogP contribution in [0.5, 0.6) is 0 Å². The van der Waals surface area contributed by atoms with E-state index in [4.69, 9.17) is 0 Å². The normalized spacial score (nSPS) is 10.9. The van der Waals surface area contributed by atoms with Crippen molar-refractivity contribution in [2.45, 2.75) is 27.7 Å². The molecule has 4 nitrogen and oxygen atoms in total. The minimum Gasteiger partial charge on any atom is -0.320 e. The molecule has 0 aliphatic rings. The number of pyridine rings is 1. The first-order valence-corrected chi connectivity index (χ1v) is 7.29. The topological polar surface area (TPSA) is 46.4 Å². The van der Waals surface area contributed by atoms with Crippen molar-refractivity contribution in [3.8, 4) is 0 Å². The third-order valence-corrected chi connectivity index (χ3v) is 3.80. The first kappa shape index (κ1) is 14.3. The fourth-order valence-corrected chi connectivity index (χ4v) is 2.67. The number of nitrogens with one attached hydrogen (secondary N) is 1. The number of amides is 1. The van der Waals surface area contributed by atoms with Gasteiger partial charge in [-0.15, -0.1) is 0 Å². The van der Waals surface area contributed by atoms with Crippen molar-refractivity contribution in [1.82, 2.24) is 9.38 Å². The molecule has 0 fully saturated rings. The van der Waals surface area contributed by atoms with Crippen molar-refractivity contribution in [3.05, 3.63) is 64.6 Å². The summed E-state index contributed by atoms with van der Waals surface area (Å²) in [6, 6.07) is 9.93. The summed E-state index contributed by atoms with van der Waals surface area (Å²) in [5.74, 6) is -0.138. The molecule has 4 heteroatoms. The number of imidazole rings is 1. The molecule has 1 amide bonds. The molecule has 2 heterocycles. The SMILES string of the molecule is Cc1ccc(NC(=O)c2c(C)nc3cc(C)ccn23)c(C)c1. The van der Waals surface area contributed by atoms with Crippen LogP contribution in [0.25, 0.3) is 5.65 Å². The van der Waals surface area contributed by atoms with Gasteiger partial charge >= 0.3 is 0 Å². The highest BCUT2D eigenvalue weighted by molar-refractivity contribution is 6.04. The molecule has 0 aliphatic heterocycles. The molecule has 0 atom stereocenters. The summed E-state index contributed by atoms with van der Waals surface area (Å²) >= 11 is 0. The summed E-state index contributed by atoms with van der Waals surface area (Å²) in [6.07, 6.45) is 1.89. The molecule has 3 aromatic rings. The zero-order valence-electron chi connectivity index (χ0n) is 13.3. The number of rotatable bonds is 2. The summed E-state index contributed by atoms with van der Waals surface area (Å²) in [6.45, 7) is 7.90. The van der Waals surface area contributed by atoms with E-state index in [1.54, 1.807) is 0 Å². The van der Waals surface area contributed by atoms with Gasteiger partial charge in [-0.25, -0.2) is 4.98 Å². The van der Waals surface area contributed by atoms with Crippen LogP contribution in [0.3, 0.4) is 0 Å². The molecule has 0 aliphatic carbocycles. The molecular weight excluding hydrogens is 274 g/mol. The van der Waals surface area contributed by atoms with Crippen LogP contribution in [0.4, 0.5) is 5.69 Å². The maximum atomic E-state index is 12.7. The number of benzene rings is 1. The Morgan fingerprint density at radius 1 is 1.05 bits per heavy atom. The lowest BCUT2D eigenvalue weighted by Crippen LogP contribution is -2.16. The molecule has 112 valence electrons. The monoisotopic (exact) mass is 293 g/mol. The van der Waals surface area contributed by atoms with E-state index in [2.05, 4.69) is 16.4 Å². The fraction of sp³-hybridized carbons (Fsp3) is 0.222. The molecule has 0 saturated carbocycles. The van der Waals surface area contributed by atoms with Crippen LogP contribution in [0, 0.1) is 27.7 Å². The van der Waals surface area contributed by atoms with Gasteiger partial charge in [-0.05, 0) is 57.0 Å². The Morgan fingerprint density at radius 2 is 1.77 bits per heavy atom. The van der Waals surface area contributed by atoms with Crippen LogP contribution < -0.4 is 5.32 Å². The molecule has 3 rings (SSSR count). The smallest absolute Gasteiger partial charge is 0.274 e. The molecule has 0 saturated heterocycles. The Hall–Kier alpha value is -2.62. The molecule has 1 aromatic carbocycles. The molecule has 0 bridgehead atoms. The predicted octanol–water partition coefficient (Wildman–Crippen LogP) is 3.82. The average Bonchev–Trinajstić information content (AvgIpc) is 2.76. The van der Waals surface area contributed by atoms with E-state index in [1.165, 1.54) is 5.56 Å². The third kappa shape index (κ3) is 2.48. The van der Waals surface area contributed by atoms with E-state index in [-0.39, 0.29) is 5.91 Å². The van der Waals surface area contributed by atoms with Crippen molar-refractivity contribution < 1.29 is 4.79 Å². The van der Waals surface area contributed by atoms with Crippen LogP contribution >= 0.6 is 0 Å². The standard InChI is InChI=1S/C18H19N3O/c1-11-5-6-15(13(3)9-11)20-18(22)17-14(4)19-16-10-12(2)7-8-21(16)17/h5-10H,1-4H3,(H,20,22). The van der Waals surface area contributed by atoms with E-state index in [0.29, 0.717) is 5.69 Å². The fourth-order valence-electron chi connectivity index (χ4n) is 2.67. The first-order chi connectivity index (χ1) is 10.5. The zero-order chi connectivity index (χ0) is 15.9. The van der Waals surface area contributed by atoms with Gasteiger partial charge in [0.25, 0.3) is 5.91 Å². The molecule has 0 unspecified atom stereocenters. The van der Waals surface area contributed by atoms with Crippen LogP contribution in [-0.2, 0) is 0 Å². The number of carbonyl (C=O) groups is 1. The van der Waals surface area contributed by atoms with Crippen LogP contribution in [0.1, 0.15) is 32.9 Å². The third-order valence-electron chi connectivity index (χ3n) is 3.80. The Kier molecular flexibility index (Phi) is 3.45. The van der Waals surface area contributed by atoms with E-state index in [1.807, 2.05) is 62.6 Å². The second kappa shape index (κ2) is 5.30. The van der Waals surface area contributed by atoms with Crippen molar-refractivity contribution in [3.63, 3.8) is 0 Å². The van der Waals surface area contributed by atoms with Gasteiger partial charge in [0.1, 0.15) is 11.3 Å². The van der Waals surface area contributed by atoms with E-state index in [0.717, 1.165) is 28.2 Å². The van der Waals surface area contributed by atoms with E-state index >= 15 is 0 Å². The minimum atomic E-state index is -0.138. The highest BCUT2D eigenvalue weighted by Gasteiger charge is 2.17. The van der Waals surface area contributed by atoms with Gasteiger partial charge in [0, 0.05) is 11.9 Å². The molecule has 0 radical (unpaired) electrons. The number of anilines is 1. The van der Waals surface area contributed by atoms with Gasteiger partial charge in [-0.3, -0.25) is 9.20 Å². The van der Waals surface area contributed by atoms with Gasteiger partial charge in [-0.2, -0.15) is 0 Å². The number of aryl methyl sites for hydroxylation is 4. The number of aromatic nitrogens is 2. The Balaban J connectivity index is 2.00. The second-order valence-electron chi connectivity index (χ2n) is 5.75. The summed E-state index contributed by atoms with van der Waals surface area (Å²) < 4.78 is 1.83. The maximum absolute atomic E-state index is 12.7. The number of hydrogen-bond acceptors (Lipinski definition) is 2. The summed E-state index contributed by atoms with van der Waals surface area (Å²) in [7, 11) is 0. The lowest BCUT2D eigenvalue weighted by molar-refractivity contribution is 0.102. The van der Waals surface area contributed by atoms with E-state index in [9.17, 15) is 4.79 Å². The first-order valence-electron chi connectivity index (χ1n) is 7.29. The summed E-state index contributed by atoms with van der Waals surface area (Å²) in [5, 5.41) is 2.99. The molecular formula is C18H19N3O. The molecule has 0 spiro atoms. The van der Waals surface area contributed by atoms with Gasteiger partial charge in [0.2, 0.25) is 0 Å². The van der Waals surface area contributed by atoms with E-state index < -0.39 is 0 Å². The average molecular weight is 293 g/mol. The second-order valence-corrected chi connectivity index (χ2v) is 5.75. The van der Waals surface area contributed by atoms with Crippen molar-refractivity contribution in [1.29, 1.82) is 0 Å². The van der Waals surface area contributed by atoms with Gasteiger partial charge in [0.15, 0.2) is 0 Å². The predicted molar refractivity (Wildman–Crippen MR) is 88.5 cm³/mol. The molecule has 2 aromatic heterocycles. The quantitative estimate of drug-likeness (QED) is 0.780. The lowest BCUT2D eigenvalue weighted by atomic mass is 10.1. The summed E-state index contributed by atoms with van der Waals surface area (Å²) in [5.41, 5.74) is 6.29. The Labute approximate surface area is 129 Å². The Bertz CT molecular complexity index is 877. The highest BCUT2D eigenvalue weighted by Crippen LogP contribution is 2.19. The van der Waals surface area contributed by atoms with Gasteiger partial charge < -0.3 is 5.32 Å². The van der Waals surface area contributed by atoms with Crippen molar-refractivity contribution in [2.75, 3.05) is 5.32 Å². The number of fused-ring (bicyclic) bond motifs is 1. The maximum Gasteiger partial charge on any atom is 0.274 e. The molecule has 1 N–H and O–H groups in total. The Morgan fingerprint density at radius 3 is 2.50 bits per heavy atom. The van der Waals surface area contributed by atoms with Gasteiger partial charge in [-0.1, -0.05) is 17.7 Å². The highest BCUT2D eigenvalue weighted by atomic mass is 16.2. The zero-order valence-corrected chi connectivity index (χ0v) is 13.3. The van der Waals surface area contributed by atoms with Crippen LogP contribution in [0.15, 0.2) is 36.5 Å². The summed E-state index contributed by atoms with van der Waals surface area (Å²) in [4.78, 5) is 17.1. The minimum absolute atomic E-state index is 0.138. The molecule has 22 heavy (non-hydrogen) atoms. The lowest BCUT2D eigenvalue weighted by Gasteiger charge is -2.09. The van der Waals surface area contributed by atoms with Crippen molar-refractivity contribution >= 4 is 17.2 Å². The van der Waals surface area contributed by atoms with Crippen LogP contribution in [0.2, 0.25) is 0 Å². The van der Waals surface area contributed by atoms with Crippen LogP contribution in [-0.4, -0.2) is 15.3 Å². The number of hydrogen-bond donors (Lipinski definition) is 1. The number of nitrogens with zero attached hydrogens (tertiary/aromatic N) is 2. The largest absolute Gasteiger partial charge is 0.320 e. The van der Waals surface area contributed by atoms with Gasteiger partial charge in [0.05, 0.1) is 5.69 Å². The van der Waals surface area contributed by atoms with Crippen molar-refractivity contribution in [2.24, 2.45) is 0 Å². The number of carbonyl (C=O) groups excluding carboxylic acids is 1.